The standard InChI is InChI=1S/C16H19N3O4S/c1-12-5-7-13(8-6-12)24(22,23)18-10-11-19(2)15-14(16(20)21)4-3-9-17-15/h3-9,18H,10-11H2,1-2H3,(H,20,21). The van der Waals surface area contributed by atoms with Crippen LogP contribution in [-0.2, 0) is 10.0 Å². The molecule has 0 aliphatic carbocycles. The fourth-order valence-electron chi connectivity index (χ4n) is 2.12. The summed E-state index contributed by atoms with van der Waals surface area (Å²) in [6, 6.07) is 9.55. The lowest BCUT2D eigenvalue weighted by Crippen LogP contribution is -2.34. The molecule has 7 nitrogen and oxygen atoms in total. The van der Waals surface area contributed by atoms with Gasteiger partial charge in [0, 0.05) is 26.3 Å². The molecule has 2 N–H and O–H groups in total. The summed E-state index contributed by atoms with van der Waals surface area (Å²) in [5.41, 5.74) is 1.05. The summed E-state index contributed by atoms with van der Waals surface area (Å²) in [6.45, 7) is 2.29. The van der Waals surface area contributed by atoms with Gasteiger partial charge >= 0.3 is 5.97 Å². The number of hydrogen-bond acceptors (Lipinski definition) is 5. The summed E-state index contributed by atoms with van der Waals surface area (Å²) in [7, 11) is -1.93. The van der Waals surface area contributed by atoms with Crippen molar-refractivity contribution in [1.82, 2.24) is 9.71 Å². The highest BCUT2D eigenvalue weighted by Gasteiger charge is 2.16. The highest BCUT2D eigenvalue weighted by atomic mass is 32.2. The van der Waals surface area contributed by atoms with E-state index < -0.39 is 16.0 Å². The molecule has 0 unspecified atom stereocenters. The summed E-state index contributed by atoms with van der Waals surface area (Å²) in [6.07, 6.45) is 1.49. The highest BCUT2D eigenvalue weighted by Crippen LogP contribution is 2.15. The normalized spacial score (nSPS) is 11.2. The fraction of sp³-hybridized carbons (Fsp3) is 0.250. The molecular formula is C16H19N3O4S. The first kappa shape index (κ1) is 17.9. The third kappa shape index (κ3) is 4.30. The lowest BCUT2D eigenvalue weighted by atomic mass is 10.2. The van der Waals surface area contributed by atoms with Crippen LogP contribution in [0.25, 0.3) is 0 Å². The molecule has 8 heteroatoms. The maximum Gasteiger partial charge on any atom is 0.339 e. The monoisotopic (exact) mass is 349 g/mol. The van der Waals surface area contributed by atoms with Gasteiger partial charge in [-0.05, 0) is 31.2 Å². The number of carbonyl (C=O) groups is 1. The maximum absolute atomic E-state index is 12.2. The number of aryl methyl sites for hydroxylation is 1. The minimum Gasteiger partial charge on any atom is -0.478 e. The van der Waals surface area contributed by atoms with Crippen molar-refractivity contribution in [3.05, 3.63) is 53.7 Å². The number of nitrogens with zero attached hydrogens (tertiary/aromatic N) is 2. The number of aromatic carboxylic acids is 1. The highest BCUT2D eigenvalue weighted by molar-refractivity contribution is 7.89. The van der Waals surface area contributed by atoms with E-state index in [1.165, 1.54) is 12.3 Å². The van der Waals surface area contributed by atoms with Gasteiger partial charge < -0.3 is 10.0 Å². The smallest absolute Gasteiger partial charge is 0.339 e. The van der Waals surface area contributed by atoms with E-state index in [0.717, 1.165) is 5.56 Å². The first-order valence-electron chi connectivity index (χ1n) is 7.27. The SMILES string of the molecule is Cc1ccc(S(=O)(=O)NCCN(C)c2ncccc2C(=O)O)cc1. The van der Waals surface area contributed by atoms with E-state index in [1.807, 2.05) is 6.92 Å². The average Bonchev–Trinajstić information content (AvgIpc) is 2.55. The summed E-state index contributed by atoms with van der Waals surface area (Å²) in [5, 5.41) is 9.16. The number of nitrogens with one attached hydrogen (secondary N) is 1. The Morgan fingerprint density at radius 1 is 1.25 bits per heavy atom. The van der Waals surface area contributed by atoms with E-state index in [4.69, 9.17) is 5.11 Å². The third-order valence-electron chi connectivity index (χ3n) is 3.45. The Bertz CT molecular complexity index is 819. The molecule has 24 heavy (non-hydrogen) atoms. The summed E-state index contributed by atoms with van der Waals surface area (Å²) >= 11 is 0. The molecule has 0 bridgehead atoms. The Morgan fingerprint density at radius 3 is 2.54 bits per heavy atom. The second-order valence-corrected chi connectivity index (χ2v) is 7.08. The summed E-state index contributed by atoms with van der Waals surface area (Å²) < 4.78 is 26.9. The first-order valence-corrected chi connectivity index (χ1v) is 8.75. The lowest BCUT2D eigenvalue weighted by molar-refractivity contribution is 0.0697. The molecule has 0 atom stereocenters. The molecule has 0 fully saturated rings. The molecule has 0 aliphatic rings. The van der Waals surface area contributed by atoms with Crippen molar-refractivity contribution in [2.75, 3.05) is 25.0 Å². The number of pyridine rings is 1. The van der Waals surface area contributed by atoms with Crippen molar-refractivity contribution in [1.29, 1.82) is 0 Å². The van der Waals surface area contributed by atoms with Gasteiger partial charge in [0.05, 0.1) is 4.90 Å². The van der Waals surface area contributed by atoms with Gasteiger partial charge in [0.2, 0.25) is 10.0 Å². The first-order chi connectivity index (χ1) is 11.3. The zero-order chi connectivity index (χ0) is 17.7. The van der Waals surface area contributed by atoms with Gasteiger partial charge in [0.1, 0.15) is 11.4 Å². The molecule has 2 aromatic rings. The van der Waals surface area contributed by atoms with E-state index >= 15 is 0 Å². The lowest BCUT2D eigenvalue weighted by Gasteiger charge is -2.20. The Balaban J connectivity index is 2.01. The molecule has 0 aliphatic heterocycles. The number of benzene rings is 1. The van der Waals surface area contributed by atoms with Crippen molar-refractivity contribution < 1.29 is 18.3 Å². The molecule has 0 amide bonds. The van der Waals surface area contributed by atoms with Crippen molar-refractivity contribution in [2.24, 2.45) is 0 Å². The van der Waals surface area contributed by atoms with Crippen molar-refractivity contribution in [2.45, 2.75) is 11.8 Å². The topological polar surface area (TPSA) is 99.6 Å². The van der Waals surface area contributed by atoms with E-state index in [9.17, 15) is 13.2 Å². The molecule has 2 rings (SSSR count). The van der Waals surface area contributed by atoms with Crippen LogP contribution in [0.1, 0.15) is 15.9 Å². The van der Waals surface area contributed by atoms with Crippen molar-refractivity contribution in [3.63, 3.8) is 0 Å². The Kier molecular flexibility index (Phi) is 5.53. The molecule has 0 saturated carbocycles. The molecule has 1 aromatic carbocycles. The van der Waals surface area contributed by atoms with Gasteiger partial charge in [0.25, 0.3) is 0 Å². The molecule has 1 heterocycles. The van der Waals surface area contributed by atoms with Crippen molar-refractivity contribution >= 4 is 21.8 Å². The van der Waals surface area contributed by atoms with Gasteiger partial charge in [-0.25, -0.2) is 22.9 Å². The quantitative estimate of drug-likeness (QED) is 0.786. The number of hydrogen-bond donors (Lipinski definition) is 2. The second-order valence-electron chi connectivity index (χ2n) is 5.31. The number of aromatic nitrogens is 1. The Morgan fingerprint density at radius 2 is 1.92 bits per heavy atom. The summed E-state index contributed by atoms with van der Waals surface area (Å²) in [4.78, 5) is 17.0. The number of sulfonamides is 1. The van der Waals surface area contributed by atoms with Gasteiger partial charge in [-0.3, -0.25) is 0 Å². The Labute approximate surface area is 141 Å². The van der Waals surface area contributed by atoms with Gasteiger partial charge in [-0.2, -0.15) is 0 Å². The minimum absolute atomic E-state index is 0.0707. The van der Waals surface area contributed by atoms with Gasteiger partial charge in [0.15, 0.2) is 0 Å². The fourth-order valence-corrected chi connectivity index (χ4v) is 3.14. The second kappa shape index (κ2) is 7.41. The molecular weight excluding hydrogens is 330 g/mol. The molecule has 0 spiro atoms. The Hall–Kier alpha value is -2.45. The zero-order valence-electron chi connectivity index (χ0n) is 13.4. The van der Waals surface area contributed by atoms with Crippen LogP contribution >= 0.6 is 0 Å². The maximum atomic E-state index is 12.2. The number of carboxylic acid groups (broad SMARTS) is 1. The predicted molar refractivity (Wildman–Crippen MR) is 90.8 cm³/mol. The third-order valence-corrected chi connectivity index (χ3v) is 4.93. The predicted octanol–water partition coefficient (Wildman–Crippen LogP) is 1.50. The van der Waals surface area contributed by atoms with Crippen LogP contribution in [0.15, 0.2) is 47.5 Å². The summed E-state index contributed by atoms with van der Waals surface area (Å²) in [5.74, 6) is -0.787. The van der Waals surface area contributed by atoms with E-state index in [-0.39, 0.29) is 23.5 Å². The van der Waals surface area contributed by atoms with E-state index in [0.29, 0.717) is 5.82 Å². The van der Waals surface area contributed by atoms with Crippen LogP contribution in [0.2, 0.25) is 0 Å². The number of rotatable bonds is 7. The largest absolute Gasteiger partial charge is 0.478 e. The molecule has 128 valence electrons. The van der Waals surface area contributed by atoms with Crippen LogP contribution in [0.4, 0.5) is 5.82 Å². The van der Waals surface area contributed by atoms with Crippen LogP contribution in [-0.4, -0.2) is 44.6 Å². The molecule has 1 aromatic heterocycles. The number of likely N-dealkylation sites (N-methyl/N-ethyl adjacent to an activating group) is 1. The zero-order valence-corrected chi connectivity index (χ0v) is 14.2. The van der Waals surface area contributed by atoms with E-state index in [2.05, 4.69) is 9.71 Å². The van der Waals surface area contributed by atoms with Gasteiger partial charge in [-0.15, -0.1) is 0 Å². The average molecular weight is 349 g/mol. The molecule has 0 saturated heterocycles. The van der Waals surface area contributed by atoms with Crippen LogP contribution in [0.5, 0.6) is 0 Å². The van der Waals surface area contributed by atoms with Crippen LogP contribution < -0.4 is 9.62 Å². The number of carboxylic acids is 1. The van der Waals surface area contributed by atoms with E-state index in [1.54, 1.807) is 42.3 Å². The molecule has 0 radical (unpaired) electrons. The van der Waals surface area contributed by atoms with Crippen LogP contribution in [0.3, 0.4) is 0 Å². The minimum atomic E-state index is -3.59. The van der Waals surface area contributed by atoms with Crippen molar-refractivity contribution in [3.8, 4) is 0 Å². The number of anilines is 1. The van der Waals surface area contributed by atoms with Gasteiger partial charge in [-0.1, -0.05) is 17.7 Å². The van der Waals surface area contributed by atoms with Crippen LogP contribution in [0, 0.1) is 6.92 Å².